The first-order chi connectivity index (χ1) is 9.67. The van der Waals surface area contributed by atoms with Gasteiger partial charge in [-0.3, -0.25) is 0 Å². The summed E-state index contributed by atoms with van der Waals surface area (Å²) in [6.07, 6.45) is 2.82. The lowest BCUT2D eigenvalue weighted by Gasteiger charge is -2.41. The van der Waals surface area contributed by atoms with E-state index in [0.717, 1.165) is 16.3 Å². The van der Waals surface area contributed by atoms with Gasteiger partial charge in [0.05, 0.1) is 18.7 Å². The van der Waals surface area contributed by atoms with Crippen molar-refractivity contribution >= 4 is 39.2 Å². The predicted octanol–water partition coefficient (Wildman–Crippen LogP) is 3.10. The van der Waals surface area contributed by atoms with E-state index in [1.807, 2.05) is 12.3 Å². The Morgan fingerprint density at radius 2 is 2.25 bits per heavy atom. The van der Waals surface area contributed by atoms with Gasteiger partial charge in [-0.05, 0) is 31.2 Å². The van der Waals surface area contributed by atoms with E-state index in [1.54, 1.807) is 11.8 Å². The number of thioether (sulfide) groups is 1. The number of fused-ring (bicyclic) bond motifs is 3. The first-order valence-corrected chi connectivity index (χ1v) is 8.37. The summed E-state index contributed by atoms with van der Waals surface area (Å²) in [5.74, 6) is 0. The number of aromatic nitrogens is 1. The summed E-state index contributed by atoms with van der Waals surface area (Å²) in [5, 5.41) is 11.0. The molecule has 1 aromatic heterocycles. The number of nitrogens with zero attached hydrogens (tertiary/aromatic N) is 1. The molecule has 0 unspecified atom stereocenters. The van der Waals surface area contributed by atoms with Gasteiger partial charge in [-0.25, -0.2) is 0 Å². The molecule has 2 heterocycles. The summed E-state index contributed by atoms with van der Waals surface area (Å²) >= 11 is 7.04. The molecule has 2 aromatic rings. The lowest BCUT2D eigenvalue weighted by atomic mass is 9.93. The van der Waals surface area contributed by atoms with Crippen LogP contribution < -0.4 is 0 Å². The molecule has 5 heteroatoms. The summed E-state index contributed by atoms with van der Waals surface area (Å²) < 4.78 is 0.848. The quantitative estimate of drug-likeness (QED) is 0.794. The zero-order valence-electron chi connectivity index (χ0n) is 11.6. The number of thiocarbonyl (C=S) groups is 1. The molecule has 0 saturated carbocycles. The Morgan fingerprint density at radius 1 is 1.50 bits per heavy atom. The van der Waals surface area contributed by atoms with Crippen LogP contribution in [-0.4, -0.2) is 38.2 Å². The van der Waals surface area contributed by atoms with E-state index in [9.17, 15) is 5.11 Å². The third kappa shape index (κ3) is 2.05. The zero-order valence-corrected chi connectivity index (χ0v) is 13.2. The van der Waals surface area contributed by atoms with E-state index in [-0.39, 0.29) is 18.7 Å². The van der Waals surface area contributed by atoms with E-state index < -0.39 is 0 Å². The molecule has 0 saturated heterocycles. The molecule has 0 fully saturated rings. The Balaban J connectivity index is 2.13. The Hall–Kier alpha value is -1.04. The number of aliphatic hydroxyl groups excluding tert-OH is 1. The number of H-pyrrole nitrogens is 1. The lowest BCUT2D eigenvalue weighted by Crippen LogP contribution is -2.46. The van der Waals surface area contributed by atoms with Gasteiger partial charge in [-0.1, -0.05) is 30.4 Å². The van der Waals surface area contributed by atoms with Crippen LogP contribution >= 0.6 is 24.0 Å². The highest BCUT2D eigenvalue weighted by Gasteiger charge is 2.34. The van der Waals surface area contributed by atoms with Gasteiger partial charge in [0.25, 0.3) is 0 Å². The SMILES string of the molecule is CSC(=S)N1[C@@H](CO)Cc2c([nH]c3ccccc23)[C@@H]1C. The summed E-state index contributed by atoms with van der Waals surface area (Å²) in [4.78, 5) is 5.69. The van der Waals surface area contributed by atoms with E-state index in [1.165, 1.54) is 16.6 Å². The fraction of sp³-hybridized carbons (Fsp3) is 0.400. The minimum absolute atomic E-state index is 0.0663. The molecule has 20 heavy (non-hydrogen) atoms. The summed E-state index contributed by atoms with van der Waals surface area (Å²) in [5.41, 5.74) is 3.72. The van der Waals surface area contributed by atoms with Crippen molar-refractivity contribution in [1.82, 2.24) is 9.88 Å². The minimum atomic E-state index is 0.0663. The number of aliphatic hydroxyl groups is 1. The Morgan fingerprint density at radius 3 is 2.95 bits per heavy atom. The van der Waals surface area contributed by atoms with Crippen LogP contribution in [0.2, 0.25) is 0 Å². The maximum atomic E-state index is 9.74. The minimum Gasteiger partial charge on any atom is -0.394 e. The number of aromatic amines is 1. The Bertz CT molecular complexity index is 652. The van der Waals surface area contributed by atoms with Crippen molar-refractivity contribution in [3.05, 3.63) is 35.5 Å². The monoisotopic (exact) mass is 306 g/mol. The molecule has 3 nitrogen and oxygen atoms in total. The first-order valence-electron chi connectivity index (χ1n) is 6.74. The van der Waals surface area contributed by atoms with Crippen molar-refractivity contribution in [1.29, 1.82) is 0 Å². The second-order valence-corrected chi connectivity index (χ2v) is 6.60. The molecule has 0 aliphatic carbocycles. The molecule has 0 spiro atoms. The van der Waals surface area contributed by atoms with Crippen LogP contribution in [0.3, 0.4) is 0 Å². The van der Waals surface area contributed by atoms with Crippen molar-refractivity contribution in [2.45, 2.75) is 25.4 Å². The van der Waals surface area contributed by atoms with Gasteiger partial charge in [0.2, 0.25) is 0 Å². The third-order valence-electron chi connectivity index (χ3n) is 4.11. The second kappa shape index (κ2) is 5.39. The molecule has 0 radical (unpaired) electrons. The average Bonchev–Trinajstić information content (AvgIpc) is 2.85. The van der Waals surface area contributed by atoms with Gasteiger partial charge in [-0.2, -0.15) is 0 Å². The Labute approximate surface area is 128 Å². The standard InChI is InChI=1S/C15H18N2OS2/c1-9-14-12(11-5-3-4-6-13(11)16-14)7-10(8-18)17(9)15(19)20-2/h3-6,9-10,16,18H,7-8H2,1-2H3/t9-,10+/m0/s1. The molecular weight excluding hydrogens is 288 g/mol. The molecule has 3 rings (SSSR count). The molecule has 106 valence electrons. The molecule has 1 aliphatic heterocycles. The largest absolute Gasteiger partial charge is 0.394 e. The fourth-order valence-electron chi connectivity index (χ4n) is 3.15. The molecule has 2 atom stereocenters. The summed E-state index contributed by atoms with van der Waals surface area (Å²) in [6, 6.07) is 8.59. The number of rotatable bonds is 1. The van der Waals surface area contributed by atoms with Crippen LogP contribution in [0.15, 0.2) is 24.3 Å². The summed E-state index contributed by atoms with van der Waals surface area (Å²) in [6.45, 7) is 2.28. The van der Waals surface area contributed by atoms with Gasteiger partial charge in [0, 0.05) is 16.6 Å². The first kappa shape index (κ1) is 13.9. The van der Waals surface area contributed by atoms with Crippen LogP contribution in [-0.2, 0) is 6.42 Å². The Kier molecular flexibility index (Phi) is 3.75. The number of hydrogen-bond donors (Lipinski definition) is 2. The molecule has 2 N–H and O–H groups in total. The van der Waals surface area contributed by atoms with Crippen LogP contribution in [0.5, 0.6) is 0 Å². The molecule has 1 aliphatic rings. The maximum Gasteiger partial charge on any atom is 0.136 e. The van der Waals surface area contributed by atoms with E-state index in [2.05, 4.69) is 35.0 Å². The van der Waals surface area contributed by atoms with E-state index in [0.29, 0.717) is 0 Å². The van der Waals surface area contributed by atoms with Crippen LogP contribution in [0.1, 0.15) is 24.2 Å². The van der Waals surface area contributed by atoms with Crippen molar-refractivity contribution < 1.29 is 5.11 Å². The van der Waals surface area contributed by atoms with Gasteiger partial charge in [-0.15, -0.1) is 11.8 Å². The number of nitrogens with one attached hydrogen (secondary N) is 1. The van der Waals surface area contributed by atoms with Gasteiger partial charge >= 0.3 is 0 Å². The smallest absolute Gasteiger partial charge is 0.136 e. The zero-order chi connectivity index (χ0) is 14.3. The number of benzene rings is 1. The van der Waals surface area contributed by atoms with E-state index >= 15 is 0 Å². The lowest BCUT2D eigenvalue weighted by molar-refractivity contribution is 0.146. The fourth-order valence-corrected chi connectivity index (χ4v) is 3.98. The van der Waals surface area contributed by atoms with Crippen molar-refractivity contribution in [2.75, 3.05) is 12.9 Å². The van der Waals surface area contributed by atoms with Crippen LogP contribution in [0, 0.1) is 0 Å². The molecular formula is C15H18N2OS2. The number of hydrogen-bond acceptors (Lipinski definition) is 3. The van der Waals surface area contributed by atoms with Crippen LogP contribution in [0.25, 0.3) is 10.9 Å². The molecule has 0 amide bonds. The van der Waals surface area contributed by atoms with E-state index in [4.69, 9.17) is 12.2 Å². The topological polar surface area (TPSA) is 39.3 Å². The van der Waals surface area contributed by atoms with Gasteiger partial charge in [0.1, 0.15) is 4.32 Å². The highest BCUT2D eigenvalue weighted by Crippen LogP contribution is 2.38. The van der Waals surface area contributed by atoms with Crippen molar-refractivity contribution in [3.8, 4) is 0 Å². The number of para-hydroxylation sites is 1. The highest BCUT2D eigenvalue weighted by molar-refractivity contribution is 8.22. The van der Waals surface area contributed by atoms with Gasteiger partial charge < -0.3 is 15.0 Å². The molecule has 0 bridgehead atoms. The average molecular weight is 306 g/mol. The second-order valence-electron chi connectivity index (χ2n) is 5.16. The highest BCUT2D eigenvalue weighted by atomic mass is 32.2. The van der Waals surface area contributed by atoms with Crippen LogP contribution in [0.4, 0.5) is 0 Å². The predicted molar refractivity (Wildman–Crippen MR) is 89.2 cm³/mol. The van der Waals surface area contributed by atoms with Crippen molar-refractivity contribution in [3.63, 3.8) is 0 Å². The van der Waals surface area contributed by atoms with Crippen molar-refractivity contribution in [2.24, 2.45) is 0 Å². The third-order valence-corrected chi connectivity index (χ3v) is 5.38. The summed E-state index contributed by atoms with van der Waals surface area (Å²) in [7, 11) is 0. The molecule has 1 aromatic carbocycles. The maximum absolute atomic E-state index is 9.74. The van der Waals surface area contributed by atoms with Gasteiger partial charge in [0.15, 0.2) is 0 Å². The normalized spacial score (nSPS) is 22.1.